The molecule has 0 amide bonds. The van der Waals surface area contributed by atoms with E-state index in [1.807, 2.05) is 36.4 Å². The van der Waals surface area contributed by atoms with E-state index in [9.17, 15) is 25.9 Å². The number of unbranched alkanes of at least 4 members (excludes halogenated alkanes) is 16. The molecule has 6 nitrogen and oxygen atoms in total. The minimum atomic E-state index is -4.47. The molecule has 0 aromatic heterocycles. The number of rotatable bonds is 26. The van der Waals surface area contributed by atoms with Gasteiger partial charge in [-0.25, -0.2) is 16.8 Å². The Hall–Kier alpha value is -1.21. The maximum absolute atomic E-state index is 11.9. The molecule has 0 aliphatic carbocycles. The first-order valence-electron chi connectivity index (χ1n) is 21.9. The van der Waals surface area contributed by atoms with E-state index in [1.54, 1.807) is 12.1 Å². The smallest absolute Gasteiger partial charge is 0.744 e. The van der Waals surface area contributed by atoms with Crippen LogP contribution >= 0.6 is 0 Å². The summed E-state index contributed by atoms with van der Waals surface area (Å²) in [5, 5.41) is 3.92. The largest absolute Gasteiger partial charge is 2.00 e. The molecular formula is C48H70BaO6S2. The Morgan fingerprint density at radius 2 is 0.667 bits per heavy atom. The van der Waals surface area contributed by atoms with Crippen molar-refractivity contribution < 1.29 is 25.9 Å². The van der Waals surface area contributed by atoms with Gasteiger partial charge in [0, 0.05) is 0 Å². The molecule has 0 heterocycles. The number of aryl methyl sites for hydroxylation is 4. The van der Waals surface area contributed by atoms with Crippen LogP contribution < -0.4 is 0 Å². The predicted molar refractivity (Wildman–Crippen MR) is 239 cm³/mol. The molecule has 4 rings (SSSR count). The van der Waals surface area contributed by atoms with Gasteiger partial charge < -0.3 is 9.11 Å². The van der Waals surface area contributed by atoms with Gasteiger partial charge in [-0.2, -0.15) is 0 Å². The van der Waals surface area contributed by atoms with Gasteiger partial charge in [-0.1, -0.05) is 167 Å². The molecule has 0 spiro atoms. The maximum Gasteiger partial charge on any atom is 2.00 e. The predicted octanol–water partition coefficient (Wildman–Crippen LogP) is 13.2. The molecule has 0 N–H and O–H groups in total. The van der Waals surface area contributed by atoms with E-state index in [0.717, 1.165) is 96.9 Å². The van der Waals surface area contributed by atoms with Crippen molar-refractivity contribution in [3.05, 3.63) is 82.9 Å². The van der Waals surface area contributed by atoms with Crippen LogP contribution in [0.15, 0.2) is 70.5 Å². The SMILES string of the molecule is CCCCCCCc1cc2cccc(CCCCCCC)c2cc1S(=O)(=O)[O-].CCCCCCCc1cc2cccc(CCCCCCC)c2cc1S(=O)(=O)[O-].[Ba+2]. The summed E-state index contributed by atoms with van der Waals surface area (Å²) < 4.78 is 71.5. The van der Waals surface area contributed by atoms with E-state index in [4.69, 9.17) is 0 Å². The van der Waals surface area contributed by atoms with Crippen LogP contribution in [0.2, 0.25) is 0 Å². The van der Waals surface area contributed by atoms with Crippen LogP contribution in [-0.2, 0) is 45.9 Å². The van der Waals surface area contributed by atoms with Gasteiger partial charge in [0.1, 0.15) is 20.2 Å². The minimum Gasteiger partial charge on any atom is -0.744 e. The fourth-order valence-electron chi connectivity index (χ4n) is 7.80. The number of fused-ring (bicyclic) bond motifs is 2. The zero-order chi connectivity index (χ0) is 40.8. The van der Waals surface area contributed by atoms with E-state index >= 15 is 0 Å². The summed E-state index contributed by atoms with van der Waals surface area (Å²) in [5.74, 6) is 0. The third-order valence-electron chi connectivity index (χ3n) is 11.0. The molecule has 0 bridgehead atoms. The molecule has 4 aromatic carbocycles. The van der Waals surface area contributed by atoms with Gasteiger partial charge in [-0.3, -0.25) is 0 Å². The first-order valence-corrected chi connectivity index (χ1v) is 24.8. The van der Waals surface area contributed by atoms with Crippen LogP contribution in [-0.4, -0.2) is 74.8 Å². The summed E-state index contributed by atoms with van der Waals surface area (Å²) in [7, 11) is -8.94. The molecule has 312 valence electrons. The Labute approximate surface area is 387 Å². The maximum atomic E-state index is 11.9. The van der Waals surface area contributed by atoms with Gasteiger partial charge >= 0.3 is 48.9 Å². The van der Waals surface area contributed by atoms with Gasteiger partial charge in [0.05, 0.1) is 9.79 Å². The molecule has 0 radical (unpaired) electrons. The Bertz CT molecular complexity index is 1830. The summed E-state index contributed by atoms with van der Waals surface area (Å²) in [4.78, 5) is -0.0390. The monoisotopic (exact) mass is 944 g/mol. The zero-order valence-corrected chi connectivity index (χ0v) is 41.8. The third-order valence-corrected chi connectivity index (χ3v) is 12.9. The average Bonchev–Trinajstić information content (AvgIpc) is 3.16. The molecular weight excluding hydrogens is 874 g/mol. The van der Waals surface area contributed by atoms with Crippen LogP contribution in [0.4, 0.5) is 0 Å². The fourth-order valence-corrected chi connectivity index (χ4v) is 9.29. The summed E-state index contributed by atoms with van der Waals surface area (Å²) in [6.07, 6.45) is 26.2. The molecule has 0 aliphatic rings. The van der Waals surface area contributed by atoms with Crippen LogP contribution in [0.1, 0.15) is 178 Å². The molecule has 4 aromatic rings. The second-order valence-electron chi connectivity index (χ2n) is 15.8. The first-order chi connectivity index (χ1) is 26.9. The van der Waals surface area contributed by atoms with Crippen molar-refractivity contribution in [3.63, 3.8) is 0 Å². The Morgan fingerprint density at radius 1 is 0.386 bits per heavy atom. The van der Waals surface area contributed by atoms with Crippen LogP contribution in [0, 0.1) is 0 Å². The molecule has 57 heavy (non-hydrogen) atoms. The number of hydrogen-bond donors (Lipinski definition) is 0. The Kier molecular flexibility index (Phi) is 25.8. The summed E-state index contributed by atoms with van der Waals surface area (Å²) in [6.45, 7) is 8.76. The van der Waals surface area contributed by atoms with Crippen molar-refractivity contribution in [3.8, 4) is 0 Å². The standard InChI is InChI=1S/2C24H36O3S.Ba/c2*1-3-5-7-9-11-14-20-16-13-17-21-18-22(15-12-10-8-6-4-2)24(19-23(20)21)28(25,26)27;/h2*13,16-19H,3-12,14-15H2,1-2H3,(H,25,26,27);/q;;+2/p-2. The van der Waals surface area contributed by atoms with Crippen molar-refractivity contribution in [2.24, 2.45) is 0 Å². The molecule has 0 unspecified atom stereocenters. The molecule has 0 aliphatic heterocycles. The van der Waals surface area contributed by atoms with Crippen LogP contribution in [0.5, 0.6) is 0 Å². The Balaban J connectivity index is 0.000000387. The normalized spacial score (nSPS) is 11.8. The average molecular weight is 945 g/mol. The van der Waals surface area contributed by atoms with Gasteiger partial charge in [0.25, 0.3) is 0 Å². The fraction of sp³-hybridized carbons (Fsp3) is 0.583. The van der Waals surface area contributed by atoms with Crippen molar-refractivity contribution in [1.82, 2.24) is 0 Å². The van der Waals surface area contributed by atoms with E-state index in [0.29, 0.717) is 24.0 Å². The van der Waals surface area contributed by atoms with Gasteiger partial charge in [-0.05, 0) is 119 Å². The van der Waals surface area contributed by atoms with Gasteiger partial charge in [-0.15, -0.1) is 0 Å². The van der Waals surface area contributed by atoms with Crippen LogP contribution in [0.25, 0.3) is 21.5 Å². The number of benzene rings is 4. The van der Waals surface area contributed by atoms with Crippen molar-refractivity contribution in [1.29, 1.82) is 0 Å². The van der Waals surface area contributed by atoms with Crippen LogP contribution in [0.3, 0.4) is 0 Å². The molecule has 0 saturated heterocycles. The molecule has 9 heteroatoms. The van der Waals surface area contributed by atoms with E-state index in [-0.39, 0.29) is 58.7 Å². The van der Waals surface area contributed by atoms with Crippen molar-refractivity contribution in [2.75, 3.05) is 0 Å². The van der Waals surface area contributed by atoms with Crippen molar-refractivity contribution >= 4 is 90.7 Å². The second-order valence-corrected chi connectivity index (χ2v) is 18.5. The summed E-state index contributed by atoms with van der Waals surface area (Å²) >= 11 is 0. The molecule has 0 atom stereocenters. The van der Waals surface area contributed by atoms with E-state index < -0.39 is 20.2 Å². The van der Waals surface area contributed by atoms with Gasteiger partial charge in [0.2, 0.25) is 0 Å². The Morgan fingerprint density at radius 3 is 0.947 bits per heavy atom. The van der Waals surface area contributed by atoms with Gasteiger partial charge in [0.15, 0.2) is 0 Å². The quantitative estimate of drug-likeness (QED) is 0.0352. The summed E-state index contributed by atoms with van der Waals surface area (Å²) in [5.41, 5.74) is 3.65. The second kappa shape index (κ2) is 28.3. The minimum absolute atomic E-state index is 0. The van der Waals surface area contributed by atoms with E-state index in [2.05, 4.69) is 39.8 Å². The molecule has 0 fully saturated rings. The zero-order valence-electron chi connectivity index (χ0n) is 35.7. The number of hydrogen-bond acceptors (Lipinski definition) is 6. The van der Waals surface area contributed by atoms with Crippen molar-refractivity contribution in [2.45, 2.75) is 192 Å². The summed E-state index contributed by atoms with van der Waals surface area (Å²) in [6, 6.07) is 19.4. The molecule has 0 saturated carbocycles. The topological polar surface area (TPSA) is 114 Å². The third kappa shape index (κ3) is 18.5. The first kappa shape index (κ1) is 51.9. The van der Waals surface area contributed by atoms with E-state index in [1.165, 1.54) is 77.0 Å².